The number of thioether (sulfide) groups is 1. The molecule has 17 heavy (non-hydrogen) atoms. The summed E-state index contributed by atoms with van der Waals surface area (Å²) in [5.74, 6) is 4.63. The molecule has 2 aliphatic rings. The fraction of sp³-hybridized carbons (Fsp3) is 1.00. The Balaban J connectivity index is 1.78. The van der Waals surface area contributed by atoms with Crippen LogP contribution in [0.2, 0.25) is 0 Å². The fourth-order valence-corrected chi connectivity index (χ4v) is 4.24. The fourth-order valence-electron chi connectivity index (χ4n) is 2.97. The predicted molar refractivity (Wildman–Crippen MR) is 77.7 cm³/mol. The maximum atomic E-state index is 3.54. The lowest BCUT2D eigenvalue weighted by Crippen LogP contribution is -2.43. The molecule has 2 heterocycles. The predicted octanol–water partition coefficient (Wildman–Crippen LogP) is 2.45. The molecule has 1 N–H and O–H groups in total. The molecule has 0 aromatic heterocycles. The van der Waals surface area contributed by atoms with E-state index >= 15 is 0 Å². The molecule has 2 atom stereocenters. The van der Waals surface area contributed by atoms with E-state index in [4.69, 9.17) is 0 Å². The second kappa shape index (κ2) is 7.01. The first-order valence-corrected chi connectivity index (χ1v) is 8.43. The lowest BCUT2D eigenvalue weighted by Gasteiger charge is -2.34. The molecule has 2 unspecified atom stereocenters. The van der Waals surface area contributed by atoms with Crippen LogP contribution in [-0.4, -0.2) is 48.6 Å². The van der Waals surface area contributed by atoms with Crippen LogP contribution in [0.5, 0.6) is 0 Å². The Labute approximate surface area is 111 Å². The van der Waals surface area contributed by atoms with E-state index in [1.807, 2.05) is 0 Å². The highest BCUT2D eigenvalue weighted by Crippen LogP contribution is 2.25. The largest absolute Gasteiger partial charge is 0.316 e. The Morgan fingerprint density at radius 3 is 2.65 bits per heavy atom. The van der Waals surface area contributed by atoms with Crippen LogP contribution in [-0.2, 0) is 0 Å². The lowest BCUT2D eigenvalue weighted by atomic mass is 9.97. The first-order valence-electron chi connectivity index (χ1n) is 7.28. The third kappa shape index (κ3) is 4.46. The van der Waals surface area contributed by atoms with Gasteiger partial charge in [-0.3, -0.25) is 0 Å². The summed E-state index contributed by atoms with van der Waals surface area (Å²) in [4.78, 5) is 2.73. The molecular weight excluding hydrogens is 228 g/mol. The zero-order valence-electron chi connectivity index (χ0n) is 11.5. The average Bonchev–Trinajstić information content (AvgIpc) is 2.82. The zero-order valence-corrected chi connectivity index (χ0v) is 12.3. The van der Waals surface area contributed by atoms with Crippen LogP contribution < -0.4 is 5.32 Å². The van der Waals surface area contributed by atoms with Gasteiger partial charge in [-0.15, -0.1) is 0 Å². The Hall–Kier alpha value is 0.270. The Bertz CT molecular complexity index is 208. The van der Waals surface area contributed by atoms with Gasteiger partial charge in [0.25, 0.3) is 0 Å². The molecule has 0 saturated carbocycles. The smallest absolute Gasteiger partial charge is 0.00388 e. The summed E-state index contributed by atoms with van der Waals surface area (Å²) in [6.45, 7) is 9.84. The van der Waals surface area contributed by atoms with Crippen molar-refractivity contribution in [2.24, 2.45) is 11.8 Å². The van der Waals surface area contributed by atoms with Gasteiger partial charge in [0.05, 0.1) is 0 Å². The first kappa shape index (κ1) is 13.7. The van der Waals surface area contributed by atoms with E-state index in [0.717, 1.165) is 11.8 Å². The van der Waals surface area contributed by atoms with E-state index in [0.29, 0.717) is 6.04 Å². The van der Waals surface area contributed by atoms with Crippen LogP contribution in [0.1, 0.15) is 33.1 Å². The van der Waals surface area contributed by atoms with Gasteiger partial charge in [0.1, 0.15) is 0 Å². The Morgan fingerprint density at radius 2 is 2.06 bits per heavy atom. The number of piperidine rings is 1. The van der Waals surface area contributed by atoms with Gasteiger partial charge in [-0.2, -0.15) is 11.8 Å². The molecule has 2 saturated heterocycles. The minimum atomic E-state index is 0.711. The van der Waals surface area contributed by atoms with E-state index < -0.39 is 0 Å². The van der Waals surface area contributed by atoms with Crippen molar-refractivity contribution in [3.8, 4) is 0 Å². The summed E-state index contributed by atoms with van der Waals surface area (Å²) in [7, 11) is 0. The molecule has 0 aromatic rings. The molecule has 2 fully saturated rings. The van der Waals surface area contributed by atoms with Crippen molar-refractivity contribution in [3.05, 3.63) is 0 Å². The molecule has 0 amide bonds. The number of nitrogens with zero attached hydrogens (tertiary/aromatic N) is 1. The van der Waals surface area contributed by atoms with E-state index in [2.05, 4.69) is 35.8 Å². The average molecular weight is 256 g/mol. The minimum absolute atomic E-state index is 0.711. The number of nitrogens with one attached hydrogen (secondary N) is 1. The van der Waals surface area contributed by atoms with E-state index in [-0.39, 0.29) is 0 Å². The standard InChI is InChI=1S/C14H28N2S/c1-12(2)16(10-14-5-7-17-11-14)9-13-4-3-6-15-8-13/h12-15H,3-11H2,1-2H3. The molecular formula is C14H28N2S. The van der Waals surface area contributed by atoms with Crippen molar-refractivity contribution < 1.29 is 0 Å². The van der Waals surface area contributed by atoms with Crippen molar-refractivity contribution >= 4 is 11.8 Å². The molecule has 2 rings (SSSR count). The van der Waals surface area contributed by atoms with Crippen molar-refractivity contribution in [2.45, 2.75) is 39.2 Å². The zero-order chi connectivity index (χ0) is 12.1. The monoisotopic (exact) mass is 256 g/mol. The molecule has 100 valence electrons. The molecule has 0 aliphatic carbocycles. The van der Waals surface area contributed by atoms with Gasteiger partial charge in [-0.25, -0.2) is 0 Å². The van der Waals surface area contributed by atoms with Crippen LogP contribution in [0.4, 0.5) is 0 Å². The van der Waals surface area contributed by atoms with Crippen molar-refractivity contribution in [2.75, 3.05) is 37.7 Å². The van der Waals surface area contributed by atoms with Crippen LogP contribution >= 0.6 is 11.8 Å². The molecule has 0 bridgehead atoms. The summed E-state index contributed by atoms with van der Waals surface area (Å²) in [5.41, 5.74) is 0. The maximum Gasteiger partial charge on any atom is 0.00388 e. The lowest BCUT2D eigenvalue weighted by molar-refractivity contribution is 0.152. The van der Waals surface area contributed by atoms with Gasteiger partial charge in [-0.05, 0) is 69.5 Å². The topological polar surface area (TPSA) is 15.3 Å². The van der Waals surface area contributed by atoms with E-state index in [1.165, 1.54) is 56.9 Å². The van der Waals surface area contributed by atoms with Gasteiger partial charge in [-0.1, -0.05) is 0 Å². The highest BCUT2D eigenvalue weighted by molar-refractivity contribution is 7.99. The van der Waals surface area contributed by atoms with Gasteiger partial charge >= 0.3 is 0 Å². The highest BCUT2D eigenvalue weighted by atomic mass is 32.2. The Morgan fingerprint density at radius 1 is 1.24 bits per heavy atom. The summed E-state index contributed by atoms with van der Waals surface area (Å²) < 4.78 is 0. The summed E-state index contributed by atoms with van der Waals surface area (Å²) in [6, 6.07) is 0.711. The van der Waals surface area contributed by atoms with E-state index in [9.17, 15) is 0 Å². The first-order chi connectivity index (χ1) is 8.25. The second-order valence-corrected chi connectivity index (χ2v) is 7.14. The summed E-state index contributed by atoms with van der Waals surface area (Å²) in [6.07, 6.45) is 4.24. The Kier molecular flexibility index (Phi) is 5.64. The summed E-state index contributed by atoms with van der Waals surface area (Å²) >= 11 is 2.14. The van der Waals surface area contributed by atoms with Crippen molar-refractivity contribution in [3.63, 3.8) is 0 Å². The van der Waals surface area contributed by atoms with Crippen LogP contribution in [0, 0.1) is 11.8 Å². The second-order valence-electron chi connectivity index (χ2n) is 5.99. The van der Waals surface area contributed by atoms with Crippen molar-refractivity contribution in [1.29, 1.82) is 0 Å². The molecule has 2 aliphatic heterocycles. The SMILES string of the molecule is CC(C)N(CC1CCCNC1)CC1CCSC1. The molecule has 0 aromatic carbocycles. The number of hydrogen-bond acceptors (Lipinski definition) is 3. The maximum absolute atomic E-state index is 3.54. The molecule has 3 heteroatoms. The van der Waals surface area contributed by atoms with Crippen LogP contribution in [0.25, 0.3) is 0 Å². The molecule has 2 nitrogen and oxygen atoms in total. The highest BCUT2D eigenvalue weighted by Gasteiger charge is 2.23. The molecule has 0 radical (unpaired) electrons. The molecule has 0 spiro atoms. The quantitative estimate of drug-likeness (QED) is 0.813. The van der Waals surface area contributed by atoms with Gasteiger partial charge < -0.3 is 10.2 Å². The third-order valence-corrected chi connectivity index (χ3v) is 5.37. The number of hydrogen-bond donors (Lipinski definition) is 1. The van der Waals surface area contributed by atoms with E-state index in [1.54, 1.807) is 0 Å². The van der Waals surface area contributed by atoms with Crippen molar-refractivity contribution in [1.82, 2.24) is 10.2 Å². The minimum Gasteiger partial charge on any atom is -0.316 e. The normalized spacial score (nSPS) is 30.4. The third-order valence-electron chi connectivity index (χ3n) is 4.14. The van der Waals surface area contributed by atoms with Gasteiger partial charge in [0.2, 0.25) is 0 Å². The number of rotatable bonds is 5. The summed E-state index contributed by atoms with van der Waals surface area (Å²) in [5, 5.41) is 3.54. The van der Waals surface area contributed by atoms with Gasteiger partial charge in [0.15, 0.2) is 0 Å². The van der Waals surface area contributed by atoms with Crippen LogP contribution in [0.3, 0.4) is 0 Å². The van der Waals surface area contributed by atoms with Crippen LogP contribution in [0.15, 0.2) is 0 Å². The van der Waals surface area contributed by atoms with Gasteiger partial charge in [0, 0.05) is 19.1 Å².